The molecule has 3 heterocycles. The van der Waals surface area contributed by atoms with Gasteiger partial charge < -0.3 is 19.7 Å². The molecule has 0 spiro atoms. The number of fused-ring (bicyclic) bond motifs is 1. The molecule has 29 heavy (non-hydrogen) atoms. The van der Waals surface area contributed by atoms with Gasteiger partial charge in [-0.15, -0.1) is 11.3 Å². The van der Waals surface area contributed by atoms with Crippen LogP contribution in [0.15, 0.2) is 34.5 Å². The van der Waals surface area contributed by atoms with E-state index >= 15 is 0 Å². The van der Waals surface area contributed by atoms with Gasteiger partial charge in [0.15, 0.2) is 11.5 Å². The number of rotatable bonds is 3. The highest BCUT2D eigenvalue weighted by Crippen LogP contribution is 2.32. The monoisotopic (exact) mass is 437 g/mol. The molecular formula is C19H23N3O5S2. The quantitative estimate of drug-likeness (QED) is 0.798. The van der Waals surface area contributed by atoms with Crippen LogP contribution in [0.4, 0.5) is 10.5 Å². The SMILES string of the molecule is Cc1ccc(S(=O)(=O)N2CCN(C(=O)Nc3ccc4c(c3)OCCCO4)CC2)s1. The molecular weight excluding hydrogens is 414 g/mol. The van der Waals surface area contributed by atoms with Gasteiger partial charge in [-0.05, 0) is 31.2 Å². The van der Waals surface area contributed by atoms with E-state index in [9.17, 15) is 13.2 Å². The zero-order chi connectivity index (χ0) is 20.4. The molecule has 1 saturated heterocycles. The van der Waals surface area contributed by atoms with Crippen molar-refractivity contribution in [1.82, 2.24) is 9.21 Å². The fraction of sp³-hybridized carbons (Fsp3) is 0.421. The van der Waals surface area contributed by atoms with E-state index in [4.69, 9.17) is 9.47 Å². The lowest BCUT2D eigenvalue weighted by Gasteiger charge is -2.33. The number of thiophene rings is 1. The largest absolute Gasteiger partial charge is 0.490 e. The van der Waals surface area contributed by atoms with Crippen molar-refractivity contribution in [3.63, 3.8) is 0 Å². The molecule has 10 heteroatoms. The van der Waals surface area contributed by atoms with Crippen molar-refractivity contribution < 1.29 is 22.7 Å². The predicted molar refractivity (Wildman–Crippen MR) is 110 cm³/mol. The van der Waals surface area contributed by atoms with Gasteiger partial charge in [-0.3, -0.25) is 0 Å². The first-order valence-electron chi connectivity index (χ1n) is 9.46. The Morgan fingerprint density at radius 2 is 1.76 bits per heavy atom. The number of sulfonamides is 1. The van der Waals surface area contributed by atoms with E-state index in [1.165, 1.54) is 15.6 Å². The molecule has 0 atom stereocenters. The van der Waals surface area contributed by atoms with Crippen molar-refractivity contribution in [2.45, 2.75) is 17.6 Å². The zero-order valence-corrected chi connectivity index (χ0v) is 17.7. The van der Waals surface area contributed by atoms with E-state index in [-0.39, 0.29) is 19.1 Å². The van der Waals surface area contributed by atoms with Gasteiger partial charge in [-0.25, -0.2) is 13.2 Å². The highest BCUT2D eigenvalue weighted by molar-refractivity contribution is 7.91. The standard InChI is InChI=1S/C19H23N3O5S2/c1-14-3-6-18(28-14)29(24,25)22-9-7-21(8-10-22)19(23)20-15-4-5-16-17(13-15)27-12-2-11-26-16/h3-6,13H,2,7-12H2,1H3,(H,20,23). The van der Waals surface area contributed by atoms with E-state index in [1.54, 1.807) is 35.2 Å². The van der Waals surface area contributed by atoms with Gasteiger partial charge >= 0.3 is 6.03 Å². The van der Waals surface area contributed by atoms with Crippen molar-refractivity contribution in [2.24, 2.45) is 0 Å². The molecule has 1 N–H and O–H groups in total. The number of piperazine rings is 1. The van der Waals surface area contributed by atoms with Crippen LogP contribution in [0.3, 0.4) is 0 Å². The third kappa shape index (κ3) is 4.34. The number of carbonyl (C=O) groups is 1. The van der Waals surface area contributed by atoms with Gasteiger partial charge in [0.05, 0.1) is 13.2 Å². The van der Waals surface area contributed by atoms with Crippen molar-refractivity contribution >= 4 is 33.1 Å². The smallest absolute Gasteiger partial charge is 0.321 e. The Hall–Kier alpha value is -2.30. The van der Waals surface area contributed by atoms with E-state index < -0.39 is 10.0 Å². The van der Waals surface area contributed by atoms with Crippen molar-refractivity contribution in [1.29, 1.82) is 0 Å². The number of carbonyl (C=O) groups excluding carboxylic acids is 1. The Labute approximate surface area is 174 Å². The van der Waals surface area contributed by atoms with Crippen LogP contribution in [-0.2, 0) is 10.0 Å². The number of nitrogens with zero attached hydrogens (tertiary/aromatic N) is 2. The molecule has 2 aromatic rings. The van der Waals surface area contributed by atoms with Crippen LogP contribution in [0.25, 0.3) is 0 Å². The zero-order valence-electron chi connectivity index (χ0n) is 16.1. The summed E-state index contributed by atoms with van der Waals surface area (Å²) in [6.07, 6.45) is 0.814. The maximum atomic E-state index is 12.7. The van der Waals surface area contributed by atoms with Gasteiger partial charge in [0.1, 0.15) is 4.21 Å². The average molecular weight is 438 g/mol. The summed E-state index contributed by atoms with van der Waals surface area (Å²) in [6.45, 7) is 4.27. The highest BCUT2D eigenvalue weighted by Gasteiger charge is 2.31. The predicted octanol–water partition coefficient (Wildman–Crippen LogP) is 2.76. The number of hydrogen-bond donors (Lipinski definition) is 1. The molecule has 1 aromatic heterocycles. The van der Waals surface area contributed by atoms with Gasteiger partial charge in [-0.2, -0.15) is 4.31 Å². The lowest BCUT2D eigenvalue weighted by Crippen LogP contribution is -2.51. The first-order chi connectivity index (χ1) is 13.9. The molecule has 156 valence electrons. The molecule has 0 unspecified atom stereocenters. The minimum Gasteiger partial charge on any atom is -0.490 e. The first-order valence-corrected chi connectivity index (χ1v) is 11.7. The summed E-state index contributed by atoms with van der Waals surface area (Å²) in [4.78, 5) is 15.2. The van der Waals surface area contributed by atoms with Crippen molar-refractivity contribution in [2.75, 3.05) is 44.7 Å². The summed E-state index contributed by atoms with van der Waals surface area (Å²) >= 11 is 1.27. The third-order valence-electron chi connectivity index (χ3n) is 4.83. The van der Waals surface area contributed by atoms with Crippen LogP contribution < -0.4 is 14.8 Å². The summed E-state index contributed by atoms with van der Waals surface area (Å²) in [5.74, 6) is 1.28. The second-order valence-corrected chi connectivity index (χ2v) is 10.4. The van der Waals surface area contributed by atoms with Gasteiger partial charge in [0.25, 0.3) is 10.0 Å². The number of aryl methyl sites for hydroxylation is 1. The molecule has 0 saturated carbocycles. The van der Waals surface area contributed by atoms with Crippen molar-refractivity contribution in [3.8, 4) is 11.5 Å². The summed E-state index contributed by atoms with van der Waals surface area (Å²) in [5, 5.41) is 2.86. The molecule has 2 aliphatic rings. The maximum Gasteiger partial charge on any atom is 0.321 e. The molecule has 0 aliphatic carbocycles. The maximum absolute atomic E-state index is 12.7. The van der Waals surface area contributed by atoms with Gasteiger partial charge in [0, 0.05) is 49.2 Å². The Morgan fingerprint density at radius 1 is 1.03 bits per heavy atom. The number of hydrogen-bond acceptors (Lipinski definition) is 6. The lowest BCUT2D eigenvalue weighted by atomic mass is 10.2. The minimum atomic E-state index is -3.50. The number of urea groups is 1. The number of amides is 2. The molecule has 2 amide bonds. The van der Waals surface area contributed by atoms with Crippen LogP contribution >= 0.6 is 11.3 Å². The molecule has 1 aromatic carbocycles. The van der Waals surface area contributed by atoms with E-state index in [1.807, 2.05) is 6.92 Å². The van der Waals surface area contributed by atoms with Crippen LogP contribution in [0.1, 0.15) is 11.3 Å². The van der Waals surface area contributed by atoms with Crippen molar-refractivity contribution in [3.05, 3.63) is 35.2 Å². The first kappa shape index (κ1) is 20.0. The fourth-order valence-corrected chi connectivity index (χ4v) is 6.11. The number of nitrogens with one attached hydrogen (secondary N) is 1. The molecule has 0 bridgehead atoms. The minimum absolute atomic E-state index is 0.261. The van der Waals surface area contributed by atoms with E-state index in [0.717, 1.165) is 11.3 Å². The lowest BCUT2D eigenvalue weighted by molar-refractivity contribution is 0.184. The Bertz CT molecular complexity index is 997. The second-order valence-electron chi connectivity index (χ2n) is 6.90. The van der Waals surface area contributed by atoms with E-state index in [0.29, 0.717) is 47.7 Å². The van der Waals surface area contributed by atoms with Crippen LogP contribution in [0.5, 0.6) is 11.5 Å². The Kier molecular flexibility index (Phi) is 5.66. The Morgan fingerprint density at radius 3 is 2.45 bits per heavy atom. The second kappa shape index (κ2) is 8.21. The molecule has 2 aliphatic heterocycles. The van der Waals surface area contributed by atoms with E-state index in [2.05, 4.69) is 5.32 Å². The summed E-state index contributed by atoms with van der Waals surface area (Å²) in [5.41, 5.74) is 0.614. The number of anilines is 1. The molecule has 1 fully saturated rings. The normalized spacial score (nSPS) is 17.6. The van der Waals surface area contributed by atoms with Crippen LogP contribution in [-0.4, -0.2) is 63.0 Å². The molecule has 8 nitrogen and oxygen atoms in total. The summed E-state index contributed by atoms with van der Waals surface area (Å²) in [6, 6.07) is 8.48. The van der Waals surface area contributed by atoms with Gasteiger partial charge in [0.2, 0.25) is 0 Å². The average Bonchev–Trinajstić information content (AvgIpc) is 3.03. The summed E-state index contributed by atoms with van der Waals surface area (Å²) < 4.78 is 38.5. The Balaban J connectivity index is 1.36. The van der Waals surface area contributed by atoms with Crippen LogP contribution in [0.2, 0.25) is 0 Å². The number of benzene rings is 1. The number of ether oxygens (including phenoxy) is 2. The molecule has 4 rings (SSSR count). The highest BCUT2D eigenvalue weighted by atomic mass is 32.2. The summed E-state index contributed by atoms with van der Waals surface area (Å²) in [7, 11) is -3.50. The topological polar surface area (TPSA) is 88.2 Å². The molecule has 0 radical (unpaired) electrons. The van der Waals surface area contributed by atoms with Gasteiger partial charge in [-0.1, -0.05) is 0 Å². The fourth-order valence-electron chi connectivity index (χ4n) is 3.25. The third-order valence-corrected chi connectivity index (χ3v) is 8.20. The van der Waals surface area contributed by atoms with Crippen LogP contribution in [0, 0.1) is 6.92 Å².